The van der Waals surface area contributed by atoms with Crippen molar-refractivity contribution in [2.24, 2.45) is 0 Å². The number of hydrogen-bond acceptors (Lipinski definition) is 6. The molecule has 0 radical (unpaired) electrons. The largest absolute Gasteiger partial charge is 0.503 e. The van der Waals surface area contributed by atoms with Crippen LogP contribution in [-0.2, 0) is 16.0 Å². The van der Waals surface area contributed by atoms with E-state index >= 15 is 0 Å². The highest BCUT2D eigenvalue weighted by Crippen LogP contribution is 2.29. The van der Waals surface area contributed by atoms with Gasteiger partial charge in [0.25, 0.3) is 11.3 Å². The second-order valence-corrected chi connectivity index (χ2v) is 5.15. The summed E-state index contributed by atoms with van der Waals surface area (Å²) in [6, 6.07) is 0. The Labute approximate surface area is 120 Å². The van der Waals surface area contributed by atoms with Crippen molar-refractivity contribution < 1.29 is 24.5 Å². The summed E-state index contributed by atoms with van der Waals surface area (Å²) in [5.41, 5.74) is -1.05. The first-order valence-corrected chi connectivity index (χ1v) is 6.63. The van der Waals surface area contributed by atoms with E-state index in [-0.39, 0.29) is 18.3 Å². The van der Waals surface area contributed by atoms with Crippen LogP contribution in [0, 0.1) is 0 Å². The molecule has 2 N–H and O–H groups in total. The molecule has 2 aliphatic heterocycles. The van der Waals surface area contributed by atoms with Crippen molar-refractivity contribution >= 4 is 5.91 Å². The van der Waals surface area contributed by atoms with E-state index in [0.29, 0.717) is 19.6 Å². The van der Waals surface area contributed by atoms with Gasteiger partial charge in [-0.25, -0.2) is 0 Å². The van der Waals surface area contributed by atoms with Gasteiger partial charge >= 0.3 is 0 Å². The van der Waals surface area contributed by atoms with Crippen molar-refractivity contribution in [2.75, 3.05) is 20.3 Å². The molecule has 3 rings (SSSR count). The van der Waals surface area contributed by atoms with Gasteiger partial charge < -0.3 is 29.2 Å². The molecule has 114 valence electrons. The lowest BCUT2D eigenvalue weighted by Gasteiger charge is -2.43. The molecule has 1 aromatic rings. The van der Waals surface area contributed by atoms with E-state index in [1.54, 1.807) is 7.11 Å². The first kappa shape index (κ1) is 13.9. The smallest absolute Gasteiger partial charge is 0.276 e. The Bertz CT molecular complexity index is 640. The summed E-state index contributed by atoms with van der Waals surface area (Å²) in [7, 11) is 1.58. The summed E-state index contributed by atoms with van der Waals surface area (Å²) >= 11 is 0. The number of hydrogen-bond donors (Lipinski definition) is 2. The highest BCUT2D eigenvalue weighted by atomic mass is 16.5. The monoisotopic (exact) mass is 296 g/mol. The van der Waals surface area contributed by atoms with Crippen molar-refractivity contribution in [3.8, 4) is 11.5 Å². The number of pyridine rings is 1. The summed E-state index contributed by atoms with van der Waals surface area (Å²) in [5.74, 6) is -1.80. The fourth-order valence-corrected chi connectivity index (χ4v) is 2.78. The number of fused-ring (bicyclic) bond motifs is 2. The van der Waals surface area contributed by atoms with Crippen molar-refractivity contribution in [3.05, 3.63) is 22.1 Å². The quantitative estimate of drug-likeness (QED) is 0.761. The molecular formula is C13H16N2O6. The first-order valence-electron chi connectivity index (χ1n) is 6.63. The number of aromatic nitrogens is 1. The van der Waals surface area contributed by atoms with Crippen LogP contribution in [0.3, 0.4) is 0 Å². The van der Waals surface area contributed by atoms with Crippen LogP contribution in [0.15, 0.2) is 11.0 Å². The van der Waals surface area contributed by atoms with Gasteiger partial charge in [0.2, 0.25) is 0 Å². The van der Waals surface area contributed by atoms with E-state index < -0.39 is 29.1 Å². The van der Waals surface area contributed by atoms with Gasteiger partial charge in [-0.15, -0.1) is 0 Å². The number of carbonyl (C=O) groups excluding carboxylic acids is 1. The summed E-state index contributed by atoms with van der Waals surface area (Å²) in [6.45, 7) is 1.14. The van der Waals surface area contributed by atoms with Gasteiger partial charge in [-0.05, 0) is 6.42 Å². The molecule has 8 heteroatoms. The third-order valence-corrected chi connectivity index (χ3v) is 3.80. The van der Waals surface area contributed by atoms with Gasteiger partial charge in [0.1, 0.15) is 0 Å². The topological polar surface area (TPSA) is 101 Å². The van der Waals surface area contributed by atoms with E-state index in [4.69, 9.17) is 9.47 Å². The molecule has 8 nitrogen and oxygen atoms in total. The van der Waals surface area contributed by atoms with Crippen LogP contribution in [0.2, 0.25) is 0 Å². The second-order valence-electron chi connectivity index (χ2n) is 5.15. The highest BCUT2D eigenvalue weighted by Gasteiger charge is 2.39. The molecule has 0 saturated carbocycles. The number of aromatic hydroxyl groups is 2. The maximum Gasteiger partial charge on any atom is 0.276 e. The molecular weight excluding hydrogens is 280 g/mol. The van der Waals surface area contributed by atoms with Crippen LogP contribution in [0.5, 0.6) is 11.5 Å². The van der Waals surface area contributed by atoms with Crippen LogP contribution in [0.4, 0.5) is 0 Å². The van der Waals surface area contributed by atoms with Gasteiger partial charge in [0, 0.05) is 13.7 Å². The zero-order chi connectivity index (χ0) is 15.1. The first-order chi connectivity index (χ1) is 10.0. The van der Waals surface area contributed by atoms with E-state index in [2.05, 4.69) is 0 Å². The fourth-order valence-electron chi connectivity index (χ4n) is 2.78. The Morgan fingerprint density at radius 2 is 2.19 bits per heavy atom. The number of nitrogens with zero attached hydrogens (tertiary/aromatic N) is 2. The van der Waals surface area contributed by atoms with Gasteiger partial charge in [0.15, 0.2) is 23.4 Å². The lowest BCUT2D eigenvalue weighted by atomic mass is 10.1. The third-order valence-electron chi connectivity index (χ3n) is 3.80. The van der Waals surface area contributed by atoms with E-state index in [1.807, 2.05) is 0 Å². The zero-order valence-electron chi connectivity index (χ0n) is 11.5. The van der Waals surface area contributed by atoms with Crippen molar-refractivity contribution in [2.45, 2.75) is 25.3 Å². The molecule has 1 fully saturated rings. The number of carbonyl (C=O) groups is 1. The highest BCUT2D eigenvalue weighted by molar-refractivity contribution is 5.96. The predicted octanol–water partition coefficient (Wildman–Crippen LogP) is -0.523. The molecule has 2 atom stereocenters. The second kappa shape index (κ2) is 5.05. The normalized spacial score (nSPS) is 24.6. The lowest BCUT2D eigenvalue weighted by molar-refractivity contribution is -0.149. The SMILES string of the molecule is COC[C@@H]1CCN2C(=O)c3c(O)c(=O)c(O)cn3C[C@@H]2O1. The maximum absolute atomic E-state index is 12.4. The summed E-state index contributed by atoms with van der Waals surface area (Å²) in [5, 5.41) is 19.3. The molecule has 0 bridgehead atoms. The Hall–Kier alpha value is -2.06. The minimum absolute atomic E-state index is 0.104. The van der Waals surface area contributed by atoms with E-state index in [0.717, 1.165) is 6.20 Å². The average molecular weight is 296 g/mol. The number of ether oxygens (including phenoxy) is 2. The minimum Gasteiger partial charge on any atom is -0.503 e. The number of rotatable bonds is 2. The molecule has 21 heavy (non-hydrogen) atoms. The fraction of sp³-hybridized carbons (Fsp3) is 0.538. The van der Waals surface area contributed by atoms with Crippen molar-refractivity contribution in [1.29, 1.82) is 0 Å². The minimum atomic E-state index is -0.941. The molecule has 2 aliphatic rings. The van der Waals surface area contributed by atoms with Crippen LogP contribution in [0.25, 0.3) is 0 Å². The van der Waals surface area contributed by atoms with Crippen LogP contribution >= 0.6 is 0 Å². The number of amides is 1. The number of methoxy groups -OCH3 is 1. The van der Waals surface area contributed by atoms with Gasteiger partial charge in [-0.2, -0.15) is 0 Å². The van der Waals surface area contributed by atoms with Gasteiger partial charge in [-0.3, -0.25) is 9.59 Å². The molecule has 3 heterocycles. The zero-order valence-corrected chi connectivity index (χ0v) is 11.5. The molecule has 1 amide bonds. The predicted molar refractivity (Wildman–Crippen MR) is 70.2 cm³/mol. The molecule has 1 aromatic heterocycles. The Morgan fingerprint density at radius 3 is 2.90 bits per heavy atom. The van der Waals surface area contributed by atoms with Crippen LogP contribution in [0.1, 0.15) is 16.9 Å². The van der Waals surface area contributed by atoms with Crippen LogP contribution < -0.4 is 5.43 Å². The lowest BCUT2D eigenvalue weighted by Crippen LogP contribution is -2.55. The summed E-state index contributed by atoms with van der Waals surface area (Å²) in [6.07, 6.45) is 1.17. The summed E-state index contributed by atoms with van der Waals surface area (Å²) in [4.78, 5) is 25.4. The molecule has 0 aliphatic carbocycles. The molecule has 1 saturated heterocycles. The average Bonchev–Trinajstić information content (AvgIpc) is 2.45. The van der Waals surface area contributed by atoms with Crippen molar-refractivity contribution in [1.82, 2.24) is 9.47 Å². The standard InChI is InChI=1S/C13H16N2O6/c1-20-6-7-2-3-15-9(21-7)5-14-4-8(16)11(17)12(18)10(14)13(15)19/h4,7,9,16,18H,2-3,5-6H2,1H3/t7-,9-/m0/s1. The summed E-state index contributed by atoms with van der Waals surface area (Å²) < 4.78 is 12.2. The van der Waals surface area contributed by atoms with Crippen molar-refractivity contribution in [3.63, 3.8) is 0 Å². The van der Waals surface area contributed by atoms with Crippen LogP contribution in [-0.4, -0.2) is 58.2 Å². The molecule has 0 aromatic carbocycles. The molecule has 0 spiro atoms. The Balaban J connectivity index is 1.97. The Morgan fingerprint density at radius 1 is 1.43 bits per heavy atom. The van der Waals surface area contributed by atoms with E-state index in [1.165, 1.54) is 9.47 Å². The molecule has 0 unspecified atom stereocenters. The third kappa shape index (κ3) is 2.16. The van der Waals surface area contributed by atoms with E-state index in [9.17, 15) is 19.8 Å². The Kier molecular flexibility index (Phi) is 3.34. The van der Waals surface area contributed by atoms with Gasteiger partial charge in [0.05, 0.1) is 25.5 Å². The van der Waals surface area contributed by atoms with Gasteiger partial charge in [-0.1, -0.05) is 0 Å². The maximum atomic E-state index is 12.4.